The van der Waals surface area contributed by atoms with Crippen molar-refractivity contribution in [2.45, 2.75) is 66.2 Å². The van der Waals surface area contributed by atoms with Crippen LogP contribution in [-0.2, 0) is 17.7 Å². The van der Waals surface area contributed by atoms with Gasteiger partial charge >= 0.3 is 6.09 Å². The predicted molar refractivity (Wildman–Crippen MR) is 129 cm³/mol. The lowest BCUT2D eigenvalue weighted by Gasteiger charge is -2.40. The first-order valence-corrected chi connectivity index (χ1v) is 12.1. The first-order valence-electron chi connectivity index (χ1n) is 10.9. The predicted octanol–water partition coefficient (Wildman–Crippen LogP) is 5.28. The number of ether oxygens (including phenoxy) is 1. The molecule has 1 aromatic heterocycles. The van der Waals surface area contributed by atoms with Crippen molar-refractivity contribution in [2.75, 3.05) is 19.6 Å². The molecule has 0 spiro atoms. The summed E-state index contributed by atoms with van der Waals surface area (Å²) in [6, 6.07) is 3.91. The fourth-order valence-electron chi connectivity index (χ4n) is 3.90. The van der Waals surface area contributed by atoms with Gasteiger partial charge in [0.1, 0.15) is 5.60 Å². The lowest BCUT2D eigenvalue weighted by Crippen LogP contribution is -2.54. The van der Waals surface area contributed by atoms with E-state index in [9.17, 15) is 9.59 Å². The Labute approximate surface area is 199 Å². The monoisotopic (exact) mass is 477 g/mol. The zero-order valence-electron chi connectivity index (χ0n) is 19.7. The van der Waals surface area contributed by atoms with Gasteiger partial charge in [-0.25, -0.2) is 9.78 Å². The molecule has 0 bridgehead atoms. The smallest absolute Gasteiger partial charge is 0.410 e. The Kier molecular flexibility index (Phi) is 7.63. The van der Waals surface area contributed by atoms with Crippen molar-refractivity contribution in [1.29, 1.82) is 0 Å². The van der Waals surface area contributed by atoms with Crippen LogP contribution in [0.25, 0.3) is 0 Å². The molecule has 1 amide bonds. The summed E-state index contributed by atoms with van der Waals surface area (Å²) in [5, 5.41) is 1.52. The summed E-state index contributed by atoms with van der Waals surface area (Å²) in [4.78, 5) is 34.2. The molecular weight excluding hydrogens is 446 g/mol. The van der Waals surface area contributed by atoms with Crippen molar-refractivity contribution in [3.8, 4) is 0 Å². The fourth-order valence-corrected chi connectivity index (χ4v) is 4.88. The molecule has 174 valence electrons. The Morgan fingerprint density at radius 1 is 1.22 bits per heavy atom. The van der Waals surface area contributed by atoms with Gasteiger partial charge in [-0.15, -0.1) is 11.3 Å². The third-order valence-corrected chi connectivity index (χ3v) is 6.74. The Morgan fingerprint density at radius 2 is 1.91 bits per heavy atom. The quantitative estimate of drug-likeness (QED) is 0.548. The molecule has 1 aromatic carbocycles. The molecule has 3 rings (SSSR count). The molecule has 1 atom stereocenters. The van der Waals surface area contributed by atoms with Crippen LogP contribution in [-0.4, -0.2) is 57.9 Å². The van der Waals surface area contributed by atoms with Gasteiger partial charge in [-0.2, -0.15) is 0 Å². The number of thiazole rings is 1. The maximum atomic E-state index is 12.7. The van der Waals surface area contributed by atoms with Crippen LogP contribution < -0.4 is 0 Å². The number of amides is 1. The van der Waals surface area contributed by atoms with Crippen LogP contribution in [0.2, 0.25) is 5.02 Å². The summed E-state index contributed by atoms with van der Waals surface area (Å²) in [6.07, 6.45) is 1.70. The maximum absolute atomic E-state index is 12.7. The molecule has 0 unspecified atom stereocenters. The van der Waals surface area contributed by atoms with Crippen molar-refractivity contribution in [1.82, 2.24) is 14.8 Å². The number of Topliss-reactive ketones (excluding diaryl/α,β-unsaturated/α-hetero) is 1. The molecule has 2 heterocycles. The number of nitrogens with zero attached hydrogens (tertiary/aromatic N) is 3. The number of halogens is 1. The molecule has 1 aliphatic rings. The molecule has 0 saturated carbocycles. The number of carbonyl (C=O) groups excluding carboxylic acids is 2. The number of ketones is 1. The van der Waals surface area contributed by atoms with E-state index in [2.05, 4.69) is 9.88 Å². The molecule has 0 radical (unpaired) electrons. The normalized spacial score (nSPS) is 17.5. The average molecular weight is 478 g/mol. The van der Waals surface area contributed by atoms with Gasteiger partial charge < -0.3 is 9.64 Å². The maximum Gasteiger partial charge on any atom is 0.410 e. The van der Waals surface area contributed by atoms with Crippen molar-refractivity contribution < 1.29 is 14.3 Å². The number of rotatable bonds is 5. The highest BCUT2D eigenvalue weighted by Gasteiger charge is 2.31. The van der Waals surface area contributed by atoms with E-state index >= 15 is 0 Å². The van der Waals surface area contributed by atoms with E-state index < -0.39 is 5.60 Å². The van der Waals surface area contributed by atoms with E-state index in [1.165, 1.54) is 11.3 Å². The molecule has 0 N–H and O–H groups in total. The second-order valence-corrected chi connectivity index (χ2v) is 11.1. The van der Waals surface area contributed by atoms with Gasteiger partial charge in [0.2, 0.25) is 0 Å². The lowest BCUT2D eigenvalue weighted by molar-refractivity contribution is 0.000532. The van der Waals surface area contributed by atoms with Gasteiger partial charge in [-0.05, 0) is 70.4 Å². The molecule has 32 heavy (non-hydrogen) atoms. The van der Waals surface area contributed by atoms with Crippen LogP contribution in [0.5, 0.6) is 0 Å². The van der Waals surface area contributed by atoms with Gasteiger partial charge in [-0.1, -0.05) is 11.6 Å². The van der Waals surface area contributed by atoms with Gasteiger partial charge in [-0.3, -0.25) is 9.69 Å². The molecule has 8 heteroatoms. The zero-order chi connectivity index (χ0) is 23.6. The van der Waals surface area contributed by atoms with Crippen LogP contribution in [0.15, 0.2) is 18.3 Å². The molecule has 2 aromatic rings. The summed E-state index contributed by atoms with van der Waals surface area (Å²) in [5.41, 5.74) is 2.64. The second-order valence-electron chi connectivity index (χ2n) is 9.45. The van der Waals surface area contributed by atoms with Gasteiger partial charge in [0.25, 0.3) is 0 Å². The molecule has 6 nitrogen and oxygen atoms in total. The highest BCUT2D eigenvalue weighted by atomic mass is 35.5. The second kappa shape index (κ2) is 9.89. The molecule has 1 fully saturated rings. The highest BCUT2D eigenvalue weighted by molar-refractivity contribution is 7.13. The first kappa shape index (κ1) is 24.7. The number of aryl methyl sites for hydroxylation is 1. The van der Waals surface area contributed by atoms with Crippen LogP contribution in [0.3, 0.4) is 0 Å². The van der Waals surface area contributed by atoms with Gasteiger partial charge in [0.15, 0.2) is 5.78 Å². The van der Waals surface area contributed by atoms with Crippen molar-refractivity contribution in [3.05, 3.63) is 49.9 Å². The minimum Gasteiger partial charge on any atom is -0.444 e. The number of aromatic nitrogens is 1. The Balaban J connectivity index is 1.68. The van der Waals surface area contributed by atoms with Gasteiger partial charge in [0.05, 0.1) is 9.88 Å². The van der Waals surface area contributed by atoms with E-state index in [4.69, 9.17) is 16.3 Å². The topological polar surface area (TPSA) is 62.7 Å². The van der Waals surface area contributed by atoms with Crippen LogP contribution in [0.4, 0.5) is 4.79 Å². The number of hydrogen-bond donors (Lipinski definition) is 0. The fraction of sp³-hybridized carbons (Fsp3) is 0.542. The van der Waals surface area contributed by atoms with Crippen molar-refractivity contribution >= 4 is 34.8 Å². The molecule has 0 aliphatic carbocycles. The van der Waals surface area contributed by atoms with Crippen molar-refractivity contribution in [3.63, 3.8) is 0 Å². The largest absolute Gasteiger partial charge is 0.444 e. The lowest BCUT2D eigenvalue weighted by atomic mass is 9.97. The standard InChI is InChI=1S/C24H32ClN3O3S/c1-15-13-27(7-8-28(15)23(30)31-24(4,5)6)14-19-10-20(25)9-18(16(19)2)11-21(29)22-12-26-17(3)32-22/h9-10,12,15H,7-8,11,13-14H2,1-6H3/t15-/m0/s1. The van der Waals surface area contributed by atoms with E-state index in [0.717, 1.165) is 41.3 Å². The number of piperazine rings is 1. The summed E-state index contributed by atoms with van der Waals surface area (Å²) in [6.45, 7) is 14.5. The molecule has 1 saturated heterocycles. The number of carbonyl (C=O) groups is 2. The van der Waals surface area contributed by atoms with Crippen LogP contribution in [0.1, 0.15) is 59.1 Å². The van der Waals surface area contributed by atoms with E-state index in [-0.39, 0.29) is 17.9 Å². The average Bonchev–Trinajstić information content (AvgIpc) is 3.10. The van der Waals surface area contributed by atoms with Gasteiger partial charge in [0, 0.05) is 49.9 Å². The summed E-state index contributed by atoms with van der Waals surface area (Å²) < 4.78 is 5.54. The number of benzene rings is 1. The minimum atomic E-state index is -0.502. The summed E-state index contributed by atoms with van der Waals surface area (Å²) in [7, 11) is 0. The highest BCUT2D eigenvalue weighted by Crippen LogP contribution is 2.25. The Bertz CT molecular complexity index is 999. The van der Waals surface area contributed by atoms with E-state index in [0.29, 0.717) is 22.9 Å². The first-order chi connectivity index (χ1) is 14.9. The SMILES string of the molecule is Cc1ncc(C(=O)Cc2cc(Cl)cc(CN3CCN(C(=O)OC(C)(C)C)[C@@H](C)C3)c2C)s1. The third-order valence-electron chi connectivity index (χ3n) is 5.57. The van der Waals surface area contributed by atoms with E-state index in [1.807, 2.05) is 53.7 Å². The third kappa shape index (κ3) is 6.30. The van der Waals surface area contributed by atoms with Crippen LogP contribution >= 0.6 is 22.9 Å². The van der Waals surface area contributed by atoms with E-state index in [1.54, 1.807) is 11.1 Å². The van der Waals surface area contributed by atoms with Crippen molar-refractivity contribution in [2.24, 2.45) is 0 Å². The Morgan fingerprint density at radius 3 is 2.50 bits per heavy atom. The minimum absolute atomic E-state index is 0.0497. The molecule has 1 aliphatic heterocycles. The Hall–Kier alpha value is -1.96. The number of hydrogen-bond acceptors (Lipinski definition) is 6. The summed E-state index contributed by atoms with van der Waals surface area (Å²) in [5.74, 6) is 0.0616. The molecular formula is C24H32ClN3O3S. The van der Waals surface area contributed by atoms with Crippen LogP contribution in [0, 0.1) is 13.8 Å². The zero-order valence-corrected chi connectivity index (χ0v) is 21.3. The summed E-state index contributed by atoms with van der Waals surface area (Å²) >= 11 is 7.84.